The average molecular weight is 314 g/mol. The van der Waals surface area contributed by atoms with Crippen molar-refractivity contribution in [3.8, 4) is 0 Å². The second-order valence-corrected chi connectivity index (χ2v) is 7.22. The summed E-state index contributed by atoms with van der Waals surface area (Å²) in [5.41, 5.74) is 6.51. The zero-order chi connectivity index (χ0) is 17.6. The van der Waals surface area contributed by atoms with Crippen LogP contribution in [0.4, 0.5) is 0 Å². The first-order chi connectivity index (χ1) is 10.6. The molecule has 0 heterocycles. The molecular weight excluding hydrogens is 284 g/mol. The van der Waals surface area contributed by atoms with E-state index in [2.05, 4.69) is 40.7 Å². The van der Waals surface area contributed by atoms with Gasteiger partial charge in [0.25, 0.3) is 0 Å². The quantitative estimate of drug-likeness (QED) is 0.499. The Bertz CT molecular complexity index is 608. The fraction of sp³-hybridized carbons (Fsp3) is 0.476. The number of carboxylic acids is 1. The Balaban J connectivity index is 2.95. The monoisotopic (exact) mass is 314 g/mol. The molecule has 0 spiro atoms. The third kappa shape index (κ3) is 6.05. The number of carbonyl (C=O) groups is 1. The van der Waals surface area contributed by atoms with Crippen LogP contribution in [0.15, 0.2) is 58.2 Å². The number of aliphatic carboxylic acids is 1. The van der Waals surface area contributed by atoms with Gasteiger partial charge in [-0.3, -0.25) is 0 Å². The number of hydrogen-bond donors (Lipinski definition) is 1. The number of carboxylic acid groups (broad SMARTS) is 1. The summed E-state index contributed by atoms with van der Waals surface area (Å²) in [7, 11) is 0. The molecule has 2 nitrogen and oxygen atoms in total. The third-order valence-corrected chi connectivity index (χ3v) is 4.37. The molecule has 0 atom stereocenters. The Hall–Kier alpha value is -1.83. The summed E-state index contributed by atoms with van der Waals surface area (Å²) < 4.78 is 0. The van der Waals surface area contributed by atoms with E-state index in [0.29, 0.717) is 0 Å². The molecule has 0 aromatic carbocycles. The van der Waals surface area contributed by atoms with Crippen molar-refractivity contribution in [3.63, 3.8) is 0 Å². The molecule has 0 saturated carbocycles. The molecule has 0 aromatic rings. The van der Waals surface area contributed by atoms with Crippen molar-refractivity contribution in [1.82, 2.24) is 0 Å². The Kier molecular flexibility index (Phi) is 6.80. The SMILES string of the molecule is CC1=C(/C(C)=C/C(C)=C/C=C/C(C)=C/C(=O)O)C(C)(C)CCC1. The molecule has 0 amide bonds. The van der Waals surface area contributed by atoms with Crippen LogP contribution < -0.4 is 0 Å². The van der Waals surface area contributed by atoms with Crippen molar-refractivity contribution in [2.45, 2.75) is 60.8 Å². The lowest BCUT2D eigenvalue weighted by Gasteiger charge is -2.35. The molecule has 0 unspecified atom stereocenters. The van der Waals surface area contributed by atoms with E-state index in [1.54, 1.807) is 6.92 Å². The largest absolute Gasteiger partial charge is 0.478 e. The van der Waals surface area contributed by atoms with E-state index in [-0.39, 0.29) is 5.41 Å². The van der Waals surface area contributed by atoms with Crippen LogP contribution >= 0.6 is 0 Å². The summed E-state index contributed by atoms with van der Waals surface area (Å²) in [6, 6.07) is 0. The zero-order valence-electron chi connectivity index (χ0n) is 15.4. The zero-order valence-corrected chi connectivity index (χ0v) is 15.4. The predicted octanol–water partition coefficient (Wildman–Crippen LogP) is 5.99. The van der Waals surface area contributed by atoms with E-state index < -0.39 is 5.97 Å². The van der Waals surface area contributed by atoms with Gasteiger partial charge in [-0.05, 0) is 69.1 Å². The number of rotatable bonds is 5. The standard InChI is InChI=1S/C21H30O2/c1-15(9-7-10-16(2)14-19(22)23)13-18(4)20-17(3)11-8-12-21(20,5)6/h7,9-10,13-14H,8,11-12H2,1-6H3,(H,22,23)/b10-7+,15-9+,16-14+,18-13+. The molecule has 0 aromatic heterocycles. The van der Waals surface area contributed by atoms with E-state index in [1.807, 2.05) is 18.2 Å². The highest BCUT2D eigenvalue weighted by Crippen LogP contribution is 2.43. The lowest BCUT2D eigenvalue weighted by Crippen LogP contribution is -2.21. The van der Waals surface area contributed by atoms with Crippen molar-refractivity contribution >= 4 is 5.97 Å². The van der Waals surface area contributed by atoms with Gasteiger partial charge in [0.1, 0.15) is 0 Å². The van der Waals surface area contributed by atoms with E-state index in [0.717, 1.165) is 5.57 Å². The highest BCUT2D eigenvalue weighted by Gasteiger charge is 2.28. The Morgan fingerprint density at radius 2 is 1.78 bits per heavy atom. The van der Waals surface area contributed by atoms with Crippen LogP contribution in [0.25, 0.3) is 0 Å². The molecule has 0 saturated heterocycles. The van der Waals surface area contributed by atoms with E-state index >= 15 is 0 Å². The van der Waals surface area contributed by atoms with Crippen molar-refractivity contribution in [2.24, 2.45) is 5.41 Å². The van der Waals surface area contributed by atoms with Crippen LogP contribution in [0, 0.1) is 5.41 Å². The molecule has 23 heavy (non-hydrogen) atoms. The summed E-state index contributed by atoms with van der Waals surface area (Å²) in [4.78, 5) is 10.6. The average Bonchev–Trinajstić information content (AvgIpc) is 2.35. The van der Waals surface area contributed by atoms with Gasteiger partial charge in [-0.15, -0.1) is 0 Å². The van der Waals surface area contributed by atoms with E-state index in [1.165, 1.54) is 47.6 Å². The smallest absolute Gasteiger partial charge is 0.328 e. The minimum Gasteiger partial charge on any atom is -0.478 e. The lowest BCUT2D eigenvalue weighted by molar-refractivity contribution is -0.131. The topological polar surface area (TPSA) is 37.3 Å². The molecule has 1 rings (SSSR count). The normalized spacial score (nSPS) is 20.3. The van der Waals surface area contributed by atoms with Crippen LogP contribution in [0.5, 0.6) is 0 Å². The first-order valence-electron chi connectivity index (χ1n) is 8.28. The summed E-state index contributed by atoms with van der Waals surface area (Å²) >= 11 is 0. The molecule has 1 aliphatic rings. The Morgan fingerprint density at radius 3 is 2.35 bits per heavy atom. The van der Waals surface area contributed by atoms with Crippen molar-refractivity contribution in [1.29, 1.82) is 0 Å². The fourth-order valence-electron chi connectivity index (χ4n) is 3.55. The highest BCUT2D eigenvalue weighted by atomic mass is 16.4. The maximum Gasteiger partial charge on any atom is 0.328 e. The maximum atomic E-state index is 10.6. The number of hydrogen-bond acceptors (Lipinski definition) is 1. The van der Waals surface area contributed by atoms with Crippen LogP contribution in [0.1, 0.15) is 60.8 Å². The molecule has 0 bridgehead atoms. The molecule has 0 radical (unpaired) electrons. The second kappa shape index (κ2) is 8.14. The summed E-state index contributed by atoms with van der Waals surface area (Å²) in [6.07, 6.45) is 12.9. The van der Waals surface area contributed by atoms with Crippen LogP contribution in [-0.2, 0) is 4.79 Å². The minimum atomic E-state index is -0.912. The van der Waals surface area contributed by atoms with Gasteiger partial charge in [-0.25, -0.2) is 4.79 Å². The van der Waals surface area contributed by atoms with Gasteiger partial charge >= 0.3 is 5.97 Å². The summed E-state index contributed by atoms with van der Waals surface area (Å²) in [6.45, 7) is 13.0. The lowest BCUT2D eigenvalue weighted by atomic mass is 9.70. The fourth-order valence-corrected chi connectivity index (χ4v) is 3.55. The summed E-state index contributed by atoms with van der Waals surface area (Å²) in [5, 5.41) is 8.69. The van der Waals surface area contributed by atoms with Gasteiger partial charge in [-0.2, -0.15) is 0 Å². The first-order valence-corrected chi connectivity index (χ1v) is 8.28. The molecule has 1 N–H and O–H groups in total. The molecule has 2 heteroatoms. The molecule has 1 aliphatic carbocycles. The Labute approximate surface area is 141 Å². The van der Waals surface area contributed by atoms with Crippen molar-refractivity contribution in [3.05, 3.63) is 58.2 Å². The van der Waals surface area contributed by atoms with Gasteiger partial charge in [0, 0.05) is 6.08 Å². The highest BCUT2D eigenvalue weighted by molar-refractivity contribution is 5.81. The van der Waals surface area contributed by atoms with Gasteiger partial charge in [0.15, 0.2) is 0 Å². The third-order valence-electron chi connectivity index (χ3n) is 4.37. The molecule has 126 valence electrons. The number of allylic oxidation sites excluding steroid dienone is 9. The molecular formula is C21H30O2. The van der Waals surface area contributed by atoms with Crippen LogP contribution in [-0.4, -0.2) is 11.1 Å². The van der Waals surface area contributed by atoms with E-state index in [4.69, 9.17) is 5.11 Å². The second-order valence-electron chi connectivity index (χ2n) is 7.22. The van der Waals surface area contributed by atoms with E-state index in [9.17, 15) is 4.79 Å². The van der Waals surface area contributed by atoms with Gasteiger partial charge in [0.05, 0.1) is 0 Å². The summed E-state index contributed by atoms with van der Waals surface area (Å²) in [5.74, 6) is -0.912. The predicted molar refractivity (Wildman–Crippen MR) is 98.4 cm³/mol. The van der Waals surface area contributed by atoms with Gasteiger partial charge in [0.2, 0.25) is 0 Å². The molecule has 0 aliphatic heterocycles. The van der Waals surface area contributed by atoms with Gasteiger partial charge < -0.3 is 5.11 Å². The van der Waals surface area contributed by atoms with Crippen molar-refractivity contribution < 1.29 is 9.90 Å². The maximum absolute atomic E-state index is 10.6. The van der Waals surface area contributed by atoms with Crippen LogP contribution in [0.3, 0.4) is 0 Å². The van der Waals surface area contributed by atoms with Crippen LogP contribution in [0.2, 0.25) is 0 Å². The van der Waals surface area contributed by atoms with Gasteiger partial charge in [-0.1, -0.05) is 49.3 Å². The van der Waals surface area contributed by atoms with Crippen molar-refractivity contribution in [2.75, 3.05) is 0 Å². The Morgan fingerprint density at radius 1 is 1.13 bits per heavy atom. The molecule has 0 fully saturated rings. The first kappa shape index (κ1) is 19.2. The minimum absolute atomic E-state index is 0.250.